The van der Waals surface area contributed by atoms with E-state index in [2.05, 4.69) is 13.0 Å². The summed E-state index contributed by atoms with van der Waals surface area (Å²) in [5, 5.41) is 9.26. The van der Waals surface area contributed by atoms with Gasteiger partial charge in [0.15, 0.2) is 0 Å². The Hall–Kier alpha value is -1.32. The van der Waals surface area contributed by atoms with E-state index in [0.29, 0.717) is 13.0 Å². The zero-order valence-corrected chi connectivity index (χ0v) is 22.0. The summed E-state index contributed by atoms with van der Waals surface area (Å²) in [4.78, 5) is 22.9. The van der Waals surface area contributed by atoms with Crippen LogP contribution >= 0.6 is 0 Å². The number of carboxylic acids is 1. The zero-order valence-electron chi connectivity index (χ0n) is 22.0. The van der Waals surface area contributed by atoms with Gasteiger partial charge in [0.1, 0.15) is 0 Å². The van der Waals surface area contributed by atoms with Gasteiger partial charge in [-0.2, -0.15) is 0 Å². The smallest absolute Gasteiger partial charge is 0.307 e. The molecule has 194 valence electrons. The van der Waals surface area contributed by atoms with E-state index in [9.17, 15) is 14.7 Å². The van der Waals surface area contributed by atoms with E-state index >= 15 is 0 Å². The molecular formula is C29H54O4. The summed E-state index contributed by atoms with van der Waals surface area (Å²) in [7, 11) is 0. The van der Waals surface area contributed by atoms with Crippen LogP contribution in [0, 0.1) is 5.92 Å². The quantitative estimate of drug-likeness (QED) is 0.0828. The van der Waals surface area contributed by atoms with Gasteiger partial charge in [-0.25, -0.2) is 0 Å². The lowest BCUT2D eigenvalue weighted by Gasteiger charge is -2.09. The van der Waals surface area contributed by atoms with Crippen LogP contribution in [-0.4, -0.2) is 23.7 Å². The number of unbranched alkanes of at least 4 members (excludes halogenated alkanes) is 17. The predicted molar refractivity (Wildman–Crippen MR) is 140 cm³/mol. The lowest BCUT2D eigenvalue weighted by molar-refractivity contribution is -0.151. The first-order chi connectivity index (χ1) is 16.1. The summed E-state index contributed by atoms with van der Waals surface area (Å²) < 4.78 is 4.99. The molecule has 0 aliphatic carbocycles. The van der Waals surface area contributed by atoms with E-state index in [4.69, 9.17) is 4.74 Å². The molecule has 1 unspecified atom stereocenters. The first kappa shape index (κ1) is 31.7. The lowest BCUT2D eigenvalue weighted by atomic mass is 10.0. The van der Waals surface area contributed by atoms with Gasteiger partial charge in [0, 0.05) is 0 Å². The van der Waals surface area contributed by atoms with Gasteiger partial charge in [-0.15, -0.1) is 0 Å². The Morgan fingerprint density at radius 2 is 1.12 bits per heavy atom. The van der Waals surface area contributed by atoms with Crippen molar-refractivity contribution in [1.29, 1.82) is 0 Å². The first-order valence-corrected chi connectivity index (χ1v) is 14.1. The molecule has 0 saturated carbocycles. The maximum atomic E-state index is 11.6. The molecule has 0 aromatic heterocycles. The second-order valence-electron chi connectivity index (χ2n) is 9.61. The molecule has 0 saturated heterocycles. The molecule has 4 heteroatoms. The summed E-state index contributed by atoms with van der Waals surface area (Å²) in [6.45, 7) is 4.56. The third-order valence-electron chi connectivity index (χ3n) is 6.29. The van der Waals surface area contributed by atoms with Gasteiger partial charge in [0.25, 0.3) is 0 Å². The van der Waals surface area contributed by atoms with E-state index < -0.39 is 17.9 Å². The van der Waals surface area contributed by atoms with E-state index in [1.165, 1.54) is 103 Å². The van der Waals surface area contributed by atoms with Crippen molar-refractivity contribution in [3.8, 4) is 0 Å². The van der Waals surface area contributed by atoms with Gasteiger partial charge in [-0.3, -0.25) is 9.59 Å². The van der Waals surface area contributed by atoms with Gasteiger partial charge in [-0.05, 0) is 25.7 Å². The number of carboxylic acid groups (broad SMARTS) is 1. The largest absolute Gasteiger partial charge is 0.481 e. The van der Waals surface area contributed by atoms with Gasteiger partial charge in [-0.1, -0.05) is 129 Å². The molecular weight excluding hydrogens is 412 g/mol. The van der Waals surface area contributed by atoms with Crippen LogP contribution in [0.15, 0.2) is 12.2 Å². The molecule has 0 aliphatic heterocycles. The number of ether oxygens (including phenoxy) is 1. The maximum absolute atomic E-state index is 11.6. The molecule has 0 heterocycles. The minimum atomic E-state index is -0.925. The van der Waals surface area contributed by atoms with Gasteiger partial charge in [0.2, 0.25) is 0 Å². The summed E-state index contributed by atoms with van der Waals surface area (Å²) in [5.74, 6) is -2.02. The van der Waals surface area contributed by atoms with Gasteiger partial charge >= 0.3 is 11.9 Å². The molecule has 0 aliphatic rings. The van der Waals surface area contributed by atoms with Crippen LogP contribution in [0.3, 0.4) is 0 Å². The van der Waals surface area contributed by atoms with Gasteiger partial charge in [0.05, 0.1) is 18.9 Å². The number of allylic oxidation sites excluding steroid dienone is 2. The Labute approximate surface area is 204 Å². The third kappa shape index (κ3) is 23.6. The fraction of sp³-hybridized carbons (Fsp3) is 0.862. The van der Waals surface area contributed by atoms with E-state index in [-0.39, 0.29) is 6.42 Å². The Bertz CT molecular complexity index is 472. The molecule has 0 bridgehead atoms. The topological polar surface area (TPSA) is 63.6 Å². The zero-order chi connectivity index (χ0) is 24.4. The average Bonchev–Trinajstić information content (AvgIpc) is 2.80. The van der Waals surface area contributed by atoms with Gasteiger partial charge < -0.3 is 9.84 Å². The molecule has 0 fully saturated rings. The van der Waals surface area contributed by atoms with Crippen LogP contribution in [0.2, 0.25) is 0 Å². The molecule has 4 nitrogen and oxygen atoms in total. The minimum absolute atomic E-state index is 0.0429. The Balaban J connectivity index is 3.43. The van der Waals surface area contributed by atoms with Crippen LogP contribution in [0.4, 0.5) is 0 Å². The van der Waals surface area contributed by atoms with Crippen molar-refractivity contribution in [3.63, 3.8) is 0 Å². The number of hydrogen-bond donors (Lipinski definition) is 1. The molecule has 1 N–H and O–H groups in total. The molecule has 0 amide bonds. The van der Waals surface area contributed by atoms with Crippen molar-refractivity contribution in [2.45, 2.75) is 149 Å². The third-order valence-corrected chi connectivity index (χ3v) is 6.29. The van der Waals surface area contributed by atoms with Crippen molar-refractivity contribution in [2.75, 3.05) is 6.61 Å². The van der Waals surface area contributed by atoms with Crippen molar-refractivity contribution >= 4 is 11.9 Å². The number of hydrogen-bond acceptors (Lipinski definition) is 3. The average molecular weight is 467 g/mol. The highest BCUT2D eigenvalue weighted by atomic mass is 16.5. The highest BCUT2D eigenvalue weighted by molar-refractivity contribution is 5.78. The number of esters is 1. The Morgan fingerprint density at radius 1 is 0.667 bits per heavy atom. The van der Waals surface area contributed by atoms with Crippen molar-refractivity contribution in [1.82, 2.24) is 0 Å². The van der Waals surface area contributed by atoms with E-state index in [0.717, 1.165) is 19.3 Å². The van der Waals surface area contributed by atoms with Crippen LogP contribution in [-0.2, 0) is 14.3 Å². The van der Waals surface area contributed by atoms with Crippen LogP contribution in [0.5, 0.6) is 0 Å². The summed E-state index contributed by atoms with van der Waals surface area (Å²) >= 11 is 0. The van der Waals surface area contributed by atoms with E-state index in [1.807, 2.05) is 13.0 Å². The Morgan fingerprint density at radius 3 is 1.55 bits per heavy atom. The van der Waals surface area contributed by atoms with E-state index in [1.54, 1.807) is 0 Å². The molecule has 33 heavy (non-hydrogen) atoms. The first-order valence-electron chi connectivity index (χ1n) is 14.1. The number of aliphatic carboxylic acids is 1. The monoisotopic (exact) mass is 466 g/mol. The molecule has 0 spiro atoms. The van der Waals surface area contributed by atoms with Crippen molar-refractivity contribution in [3.05, 3.63) is 12.2 Å². The fourth-order valence-corrected chi connectivity index (χ4v) is 4.11. The van der Waals surface area contributed by atoms with Crippen molar-refractivity contribution < 1.29 is 19.4 Å². The molecule has 0 aromatic carbocycles. The Kier molecular flexibility index (Phi) is 24.3. The standard InChI is InChI=1S/C29H54O4/c1-3-5-6-7-8-9-10-11-12-13-14-15-16-17-18-19-20-21-22-23-24-27(29(31)32)26-28(30)33-25-4-2/h22-23,27H,3-21,24-26H2,1-2H3,(H,31,32)/b23-22+. The predicted octanol–water partition coefficient (Wildman–Crippen LogP) is 9.02. The number of carbonyl (C=O) groups excluding carboxylic acids is 1. The molecule has 1 atom stereocenters. The SMILES string of the molecule is CCCCCCCCCCCCCCCCCCC/C=C/CC(CC(=O)OCCC)C(=O)O. The normalized spacial score (nSPS) is 12.3. The fourth-order valence-electron chi connectivity index (χ4n) is 4.11. The minimum Gasteiger partial charge on any atom is -0.481 e. The molecule has 0 radical (unpaired) electrons. The number of rotatable bonds is 25. The summed E-state index contributed by atoms with van der Waals surface area (Å²) in [5.41, 5.74) is 0. The maximum Gasteiger partial charge on any atom is 0.307 e. The second-order valence-corrected chi connectivity index (χ2v) is 9.61. The summed E-state index contributed by atoms with van der Waals surface area (Å²) in [6.07, 6.45) is 29.5. The highest BCUT2D eigenvalue weighted by Gasteiger charge is 2.20. The lowest BCUT2D eigenvalue weighted by Crippen LogP contribution is -2.19. The van der Waals surface area contributed by atoms with Crippen LogP contribution in [0.1, 0.15) is 149 Å². The molecule has 0 rings (SSSR count). The summed E-state index contributed by atoms with van der Waals surface area (Å²) in [6, 6.07) is 0. The second kappa shape index (κ2) is 25.3. The van der Waals surface area contributed by atoms with Crippen molar-refractivity contribution in [2.24, 2.45) is 5.92 Å². The van der Waals surface area contributed by atoms with Crippen LogP contribution in [0.25, 0.3) is 0 Å². The highest BCUT2D eigenvalue weighted by Crippen LogP contribution is 2.15. The number of carbonyl (C=O) groups is 2. The van der Waals surface area contributed by atoms with Crippen LogP contribution < -0.4 is 0 Å². The molecule has 0 aromatic rings.